The molecule has 0 aromatic carbocycles. The summed E-state index contributed by atoms with van der Waals surface area (Å²) in [6, 6.07) is 4.69. The Bertz CT molecular complexity index is 919. The van der Waals surface area contributed by atoms with Crippen molar-refractivity contribution in [3.8, 4) is 11.3 Å². The first-order valence-electron chi connectivity index (χ1n) is 8.83. The van der Waals surface area contributed by atoms with Crippen LogP contribution in [0.5, 0.6) is 0 Å². The first-order valence-corrected chi connectivity index (χ1v) is 8.83. The summed E-state index contributed by atoms with van der Waals surface area (Å²) in [6.07, 6.45) is 8.17. The number of nitrogens with two attached hydrogens (primary N) is 1. The van der Waals surface area contributed by atoms with Crippen LogP contribution in [0.1, 0.15) is 12.8 Å². The van der Waals surface area contributed by atoms with E-state index in [-0.39, 0.29) is 5.95 Å². The van der Waals surface area contributed by atoms with Crippen LogP contribution in [0.2, 0.25) is 0 Å². The van der Waals surface area contributed by atoms with Gasteiger partial charge in [0.1, 0.15) is 5.65 Å². The molecule has 0 bridgehead atoms. The van der Waals surface area contributed by atoms with Gasteiger partial charge >= 0.3 is 0 Å². The maximum absolute atomic E-state index is 5.78. The van der Waals surface area contributed by atoms with Gasteiger partial charge in [-0.2, -0.15) is 0 Å². The molecule has 5 heterocycles. The Morgan fingerprint density at radius 3 is 2.96 bits per heavy atom. The molecule has 3 aromatic heterocycles. The summed E-state index contributed by atoms with van der Waals surface area (Å²) in [6.45, 7) is 4.51. The molecule has 7 nitrogen and oxygen atoms in total. The van der Waals surface area contributed by atoms with E-state index in [4.69, 9.17) is 5.73 Å². The van der Waals surface area contributed by atoms with Gasteiger partial charge in [-0.15, -0.1) is 0 Å². The number of nitrogens with one attached hydrogen (secondary N) is 1. The molecule has 7 heteroatoms. The summed E-state index contributed by atoms with van der Waals surface area (Å²) in [4.78, 5) is 21.3. The molecule has 2 fully saturated rings. The number of aromatic amines is 1. The van der Waals surface area contributed by atoms with Crippen LogP contribution in [0, 0.1) is 0 Å². The lowest BCUT2D eigenvalue weighted by molar-refractivity contribution is 0.231. The van der Waals surface area contributed by atoms with E-state index < -0.39 is 0 Å². The van der Waals surface area contributed by atoms with E-state index in [9.17, 15) is 0 Å². The molecule has 25 heavy (non-hydrogen) atoms. The van der Waals surface area contributed by atoms with E-state index in [1.165, 1.54) is 25.1 Å². The number of rotatable bonds is 2. The molecule has 3 N–H and O–H groups in total. The minimum atomic E-state index is 0.289. The molecule has 1 unspecified atom stereocenters. The highest BCUT2D eigenvalue weighted by molar-refractivity contribution is 6.02. The Labute approximate surface area is 145 Å². The highest BCUT2D eigenvalue weighted by Gasteiger charge is 2.31. The van der Waals surface area contributed by atoms with Gasteiger partial charge in [-0.05, 0) is 31.5 Å². The molecule has 5 rings (SSSR count). The standard InChI is InChI=1S/C18H21N7/c19-18-21-5-3-14(23-18)13-10-22-17-16(13)15(4-6-20-17)25-9-8-24-7-1-2-12(24)11-25/h3-6,10,12H,1-2,7-9,11H2,(H,20,22)(H2,19,21,23). The van der Waals surface area contributed by atoms with Gasteiger partial charge in [0.05, 0.1) is 16.8 Å². The number of H-pyrrole nitrogens is 1. The molecule has 2 aliphatic heterocycles. The predicted molar refractivity (Wildman–Crippen MR) is 98.3 cm³/mol. The number of nitrogens with zero attached hydrogens (tertiary/aromatic N) is 5. The van der Waals surface area contributed by atoms with Crippen LogP contribution in [-0.4, -0.2) is 57.1 Å². The molecule has 0 saturated carbocycles. The molecule has 0 amide bonds. The van der Waals surface area contributed by atoms with E-state index >= 15 is 0 Å². The molecular weight excluding hydrogens is 314 g/mol. The molecular formula is C18H21N7. The number of fused-ring (bicyclic) bond motifs is 2. The number of piperazine rings is 1. The molecule has 2 saturated heterocycles. The number of hydrogen-bond acceptors (Lipinski definition) is 6. The van der Waals surface area contributed by atoms with Gasteiger partial charge in [0, 0.05) is 49.8 Å². The Morgan fingerprint density at radius 2 is 2.04 bits per heavy atom. The number of hydrogen-bond donors (Lipinski definition) is 2. The van der Waals surface area contributed by atoms with Crippen molar-refractivity contribution in [1.29, 1.82) is 0 Å². The maximum Gasteiger partial charge on any atom is 0.220 e. The summed E-state index contributed by atoms with van der Waals surface area (Å²) in [5.41, 5.74) is 9.75. The average Bonchev–Trinajstić information content (AvgIpc) is 3.27. The smallest absolute Gasteiger partial charge is 0.220 e. The van der Waals surface area contributed by atoms with E-state index in [2.05, 4.69) is 35.8 Å². The third-order valence-corrected chi connectivity index (χ3v) is 5.43. The second kappa shape index (κ2) is 5.70. The minimum absolute atomic E-state index is 0.289. The molecule has 128 valence electrons. The topological polar surface area (TPSA) is 87.0 Å². The zero-order valence-electron chi connectivity index (χ0n) is 14.0. The van der Waals surface area contributed by atoms with Crippen LogP contribution in [0.15, 0.2) is 30.7 Å². The molecule has 0 radical (unpaired) electrons. The van der Waals surface area contributed by atoms with Gasteiger partial charge in [0.2, 0.25) is 5.95 Å². The van der Waals surface area contributed by atoms with Gasteiger partial charge < -0.3 is 15.6 Å². The van der Waals surface area contributed by atoms with Crippen molar-refractivity contribution in [2.75, 3.05) is 36.8 Å². The van der Waals surface area contributed by atoms with E-state index in [1.807, 2.05) is 18.5 Å². The molecule has 0 spiro atoms. The fourth-order valence-corrected chi connectivity index (χ4v) is 4.24. The van der Waals surface area contributed by atoms with Crippen LogP contribution < -0.4 is 10.6 Å². The number of pyridine rings is 1. The second-order valence-electron chi connectivity index (χ2n) is 6.83. The lowest BCUT2D eigenvalue weighted by Gasteiger charge is -2.39. The Kier molecular flexibility index (Phi) is 3.34. The molecule has 1 atom stereocenters. The fraction of sp³-hybridized carbons (Fsp3) is 0.389. The lowest BCUT2D eigenvalue weighted by atomic mass is 10.1. The van der Waals surface area contributed by atoms with Crippen molar-refractivity contribution < 1.29 is 0 Å². The Balaban J connectivity index is 1.60. The Morgan fingerprint density at radius 1 is 1.12 bits per heavy atom. The number of nitrogen functional groups attached to an aromatic ring is 1. The van der Waals surface area contributed by atoms with Crippen molar-refractivity contribution in [2.24, 2.45) is 0 Å². The minimum Gasteiger partial charge on any atom is -0.368 e. The first kappa shape index (κ1) is 14.7. The van der Waals surface area contributed by atoms with Gasteiger partial charge in [-0.25, -0.2) is 15.0 Å². The van der Waals surface area contributed by atoms with Crippen LogP contribution in [0.25, 0.3) is 22.3 Å². The highest BCUT2D eigenvalue weighted by Crippen LogP contribution is 2.36. The number of aromatic nitrogens is 4. The maximum atomic E-state index is 5.78. The Hall–Kier alpha value is -2.67. The zero-order chi connectivity index (χ0) is 16.8. The third-order valence-electron chi connectivity index (χ3n) is 5.43. The summed E-state index contributed by atoms with van der Waals surface area (Å²) in [7, 11) is 0. The van der Waals surface area contributed by atoms with Crippen LogP contribution >= 0.6 is 0 Å². The second-order valence-corrected chi connectivity index (χ2v) is 6.83. The van der Waals surface area contributed by atoms with Crippen molar-refractivity contribution in [2.45, 2.75) is 18.9 Å². The quantitative estimate of drug-likeness (QED) is 0.744. The van der Waals surface area contributed by atoms with Crippen molar-refractivity contribution in [3.05, 3.63) is 30.7 Å². The normalized spacial score (nSPS) is 21.0. The summed E-state index contributed by atoms with van der Waals surface area (Å²) in [5.74, 6) is 0.289. The average molecular weight is 335 g/mol. The van der Waals surface area contributed by atoms with Gasteiger partial charge in [-0.1, -0.05) is 0 Å². The van der Waals surface area contributed by atoms with E-state index in [0.29, 0.717) is 6.04 Å². The lowest BCUT2D eigenvalue weighted by Crippen LogP contribution is -2.50. The van der Waals surface area contributed by atoms with Crippen molar-refractivity contribution in [3.63, 3.8) is 0 Å². The highest BCUT2D eigenvalue weighted by atomic mass is 15.3. The van der Waals surface area contributed by atoms with Crippen LogP contribution in [0.3, 0.4) is 0 Å². The monoisotopic (exact) mass is 335 g/mol. The zero-order valence-corrected chi connectivity index (χ0v) is 14.0. The molecule has 0 aliphatic carbocycles. The summed E-state index contributed by atoms with van der Waals surface area (Å²) < 4.78 is 0. The van der Waals surface area contributed by atoms with Crippen molar-refractivity contribution >= 4 is 22.7 Å². The SMILES string of the molecule is Nc1nccc(-c2c[nH]c3nccc(N4CCN5CCCC5C4)c23)n1. The molecule has 2 aliphatic rings. The fourth-order valence-electron chi connectivity index (χ4n) is 4.24. The summed E-state index contributed by atoms with van der Waals surface area (Å²) >= 11 is 0. The first-order chi connectivity index (χ1) is 12.3. The van der Waals surface area contributed by atoms with Crippen molar-refractivity contribution in [1.82, 2.24) is 24.8 Å². The van der Waals surface area contributed by atoms with Gasteiger partial charge in [-0.3, -0.25) is 4.90 Å². The molecule has 3 aromatic rings. The summed E-state index contributed by atoms with van der Waals surface area (Å²) in [5, 5.41) is 1.12. The van der Waals surface area contributed by atoms with Gasteiger partial charge in [0.15, 0.2) is 0 Å². The number of anilines is 2. The third kappa shape index (κ3) is 2.42. The van der Waals surface area contributed by atoms with E-state index in [0.717, 1.165) is 41.9 Å². The van der Waals surface area contributed by atoms with Crippen LogP contribution in [-0.2, 0) is 0 Å². The van der Waals surface area contributed by atoms with E-state index in [1.54, 1.807) is 6.20 Å². The van der Waals surface area contributed by atoms with Crippen LogP contribution in [0.4, 0.5) is 11.6 Å². The van der Waals surface area contributed by atoms with Gasteiger partial charge in [0.25, 0.3) is 0 Å². The predicted octanol–water partition coefficient (Wildman–Crippen LogP) is 1.89. The largest absolute Gasteiger partial charge is 0.368 e.